The number of ether oxygens (including phenoxy) is 1. The van der Waals surface area contributed by atoms with Gasteiger partial charge in [0.2, 0.25) is 5.91 Å². The van der Waals surface area contributed by atoms with Gasteiger partial charge in [-0.3, -0.25) is 14.6 Å². The van der Waals surface area contributed by atoms with Crippen LogP contribution in [0.5, 0.6) is 5.75 Å². The molecule has 2 aliphatic heterocycles. The Morgan fingerprint density at radius 3 is 2.48 bits per heavy atom. The molecule has 2 heterocycles. The minimum absolute atomic E-state index is 0.147. The first kappa shape index (κ1) is 23.1. The number of hydrogen-bond acceptors (Lipinski definition) is 5. The van der Waals surface area contributed by atoms with E-state index in [1.807, 2.05) is 30.4 Å². The first-order valence-corrected chi connectivity index (χ1v) is 11.2. The number of allylic oxidation sites excluding steroid dienone is 2. The molecule has 0 bridgehead atoms. The zero-order valence-electron chi connectivity index (χ0n) is 18.7. The van der Waals surface area contributed by atoms with E-state index in [2.05, 4.69) is 27.3 Å². The minimum Gasteiger partial charge on any atom is -0.496 e. The van der Waals surface area contributed by atoms with Gasteiger partial charge in [0.05, 0.1) is 7.11 Å². The van der Waals surface area contributed by atoms with Crippen molar-refractivity contribution >= 4 is 5.91 Å². The Morgan fingerprint density at radius 1 is 1.13 bits per heavy atom. The normalized spacial score (nSPS) is 19.6. The van der Waals surface area contributed by atoms with Gasteiger partial charge in [0.15, 0.2) is 0 Å². The van der Waals surface area contributed by atoms with Gasteiger partial charge in [0.1, 0.15) is 5.75 Å². The van der Waals surface area contributed by atoms with Gasteiger partial charge >= 0.3 is 0 Å². The van der Waals surface area contributed by atoms with Gasteiger partial charge in [-0.25, -0.2) is 0 Å². The van der Waals surface area contributed by atoms with E-state index in [4.69, 9.17) is 10.5 Å². The quantitative estimate of drug-likeness (QED) is 0.650. The van der Waals surface area contributed by atoms with Gasteiger partial charge < -0.3 is 15.4 Å². The molecule has 2 fully saturated rings. The van der Waals surface area contributed by atoms with Crippen molar-refractivity contribution < 1.29 is 9.53 Å². The lowest BCUT2D eigenvalue weighted by Crippen LogP contribution is -2.51. The van der Waals surface area contributed by atoms with Crippen molar-refractivity contribution in [3.8, 4) is 5.75 Å². The number of likely N-dealkylation sites (tertiary alicyclic amines) is 1. The number of piperidine rings is 1. The lowest BCUT2D eigenvalue weighted by molar-refractivity contribution is -0.138. The summed E-state index contributed by atoms with van der Waals surface area (Å²) >= 11 is 0. The summed E-state index contributed by atoms with van der Waals surface area (Å²) in [5.41, 5.74) is 7.89. The molecule has 0 aromatic heterocycles. The van der Waals surface area contributed by atoms with Crippen molar-refractivity contribution in [2.75, 3.05) is 52.9 Å². The molecule has 2 N–H and O–H groups in total. The molecule has 0 atom stereocenters. The monoisotopic (exact) mass is 424 g/mol. The molecule has 2 saturated heterocycles. The molecule has 6 nitrogen and oxygen atoms in total. The number of rotatable bonds is 8. The van der Waals surface area contributed by atoms with Crippen LogP contribution in [-0.4, -0.2) is 73.5 Å². The summed E-state index contributed by atoms with van der Waals surface area (Å²) in [5, 5.41) is 0. The summed E-state index contributed by atoms with van der Waals surface area (Å²) < 4.78 is 5.47. The fourth-order valence-corrected chi connectivity index (χ4v) is 4.49. The Kier molecular flexibility index (Phi) is 8.74. The largest absolute Gasteiger partial charge is 0.496 e. The van der Waals surface area contributed by atoms with Crippen LogP contribution in [0, 0.1) is 5.92 Å². The maximum Gasteiger partial charge on any atom is 0.225 e. The van der Waals surface area contributed by atoms with Crippen molar-refractivity contribution in [2.24, 2.45) is 11.7 Å². The highest BCUT2D eigenvalue weighted by Gasteiger charge is 2.30. The van der Waals surface area contributed by atoms with Crippen LogP contribution in [0.1, 0.15) is 18.4 Å². The number of carbonyl (C=O) groups excluding carboxylic acids is 1. The Bertz CT molecular complexity index is 788. The summed E-state index contributed by atoms with van der Waals surface area (Å²) in [4.78, 5) is 19.9. The number of piperazine rings is 1. The number of benzene rings is 1. The molecule has 3 rings (SSSR count). The topological polar surface area (TPSA) is 62.0 Å². The lowest BCUT2D eigenvalue weighted by Gasteiger charge is -2.38. The second-order valence-corrected chi connectivity index (χ2v) is 8.30. The number of hydrogen-bond donors (Lipinski definition) is 1. The van der Waals surface area contributed by atoms with E-state index in [1.54, 1.807) is 19.4 Å². The van der Waals surface area contributed by atoms with Crippen molar-refractivity contribution in [3.05, 3.63) is 66.4 Å². The van der Waals surface area contributed by atoms with E-state index < -0.39 is 0 Å². The summed E-state index contributed by atoms with van der Waals surface area (Å²) in [7, 11) is 1.71. The molecule has 0 saturated carbocycles. The van der Waals surface area contributed by atoms with E-state index in [0.717, 1.165) is 76.5 Å². The van der Waals surface area contributed by atoms with Gasteiger partial charge in [-0.15, -0.1) is 0 Å². The number of para-hydroxylation sites is 1. The van der Waals surface area contributed by atoms with E-state index in [9.17, 15) is 4.79 Å². The van der Waals surface area contributed by atoms with Crippen LogP contribution in [0.15, 0.2) is 60.8 Å². The Labute approximate surface area is 186 Å². The second kappa shape index (κ2) is 11.7. The van der Waals surface area contributed by atoms with Crippen LogP contribution < -0.4 is 10.5 Å². The molecule has 0 aliphatic carbocycles. The molecule has 0 radical (unpaired) electrons. The van der Waals surface area contributed by atoms with Crippen molar-refractivity contribution in [3.63, 3.8) is 0 Å². The number of carbonyl (C=O) groups is 1. The maximum atomic E-state index is 13.1. The first-order valence-electron chi connectivity index (χ1n) is 11.2. The SMILES string of the molecule is C=C/C=C(\C=C/N)CN1CCC(C(=O)N2CCN(Cc3ccccc3OC)CC2)CC1. The lowest BCUT2D eigenvalue weighted by atomic mass is 9.94. The molecule has 1 aromatic carbocycles. The molecular formula is C25H36N4O2. The highest BCUT2D eigenvalue weighted by atomic mass is 16.5. The Hall–Kier alpha value is -2.57. The second-order valence-electron chi connectivity index (χ2n) is 8.30. The minimum atomic E-state index is 0.147. The van der Waals surface area contributed by atoms with Gasteiger partial charge in [-0.2, -0.15) is 0 Å². The summed E-state index contributed by atoms with van der Waals surface area (Å²) in [6.07, 6.45) is 9.12. The molecule has 2 aliphatic rings. The zero-order chi connectivity index (χ0) is 22.1. The third-order valence-corrected chi connectivity index (χ3v) is 6.26. The highest BCUT2D eigenvalue weighted by molar-refractivity contribution is 5.79. The van der Waals surface area contributed by atoms with Gasteiger partial charge in [0, 0.05) is 50.7 Å². The summed E-state index contributed by atoms with van der Waals surface area (Å²) in [5.74, 6) is 1.41. The summed E-state index contributed by atoms with van der Waals surface area (Å²) in [6.45, 7) is 10.8. The van der Waals surface area contributed by atoms with Crippen LogP contribution >= 0.6 is 0 Å². The van der Waals surface area contributed by atoms with Crippen molar-refractivity contribution in [1.29, 1.82) is 0 Å². The molecule has 1 amide bonds. The van der Waals surface area contributed by atoms with Crippen LogP contribution in [0.25, 0.3) is 0 Å². The Balaban J connectivity index is 1.44. The van der Waals surface area contributed by atoms with Gasteiger partial charge in [-0.1, -0.05) is 36.9 Å². The van der Waals surface area contributed by atoms with E-state index in [0.29, 0.717) is 5.91 Å². The predicted octanol–water partition coefficient (Wildman–Crippen LogP) is 2.64. The third-order valence-electron chi connectivity index (χ3n) is 6.26. The fraction of sp³-hybridized carbons (Fsp3) is 0.480. The molecule has 0 unspecified atom stereocenters. The molecule has 1 aromatic rings. The zero-order valence-corrected chi connectivity index (χ0v) is 18.7. The highest BCUT2D eigenvalue weighted by Crippen LogP contribution is 2.23. The third kappa shape index (κ3) is 6.45. The molecule has 6 heteroatoms. The average Bonchev–Trinajstić information content (AvgIpc) is 2.80. The molecule has 0 spiro atoms. The molecule has 31 heavy (non-hydrogen) atoms. The van der Waals surface area contributed by atoms with Gasteiger partial charge in [0.25, 0.3) is 0 Å². The Morgan fingerprint density at radius 2 is 1.84 bits per heavy atom. The molecule has 168 valence electrons. The number of amides is 1. The average molecular weight is 425 g/mol. The van der Waals surface area contributed by atoms with E-state index >= 15 is 0 Å². The number of nitrogens with two attached hydrogens (primary N) is 1. The van der Waals surface area contributed by atoms with Crippen LogP contribution in [-0.2, 0) is 11.3 Å². The fourth-order valence-electron chi connectivity index (χ4n) is 4.49. The number of nitrogens with zero attached hydrogens (tertiary/aromatic N) is 3. The van der Waals surface area contributed by atoms with Crippen molar-refractivity contribution in [1.82, 2.24) is 14.7 Å². The molecular weight excluding hydrogens is 388 g/mol. The number of methoxy groups -OCH3 is 1. The van der Waals surface area contributed by atoms with E-state index in [1.165, 1.54) is 5.56 Å². The smallest absolute Gasteiger partial charge is 0.225 e. The summed E-state index contributed by atoms with van der Waals surface area (Å²) in [6, 6.07) is 8.16. The van der Waals surface area contributed by atoms with Crippen molar-refractivity contribution in [2.45, 2.75) is 19.4 Å². The first-order chi connectivity index (χ1) is 15.1. The van der Waals surface area contributed by atoms with Crippen LogP contribution in [0.3, 0.4) is 0 Å². The van der Waals surface area contributed by atoms with E-state index in [-0.39, 0.29) is 5.92 Å². The standard InChI is InChI=1S/C25H36N4O2/c1-3-6-21(9-12-26)19-27-13-10-22(11-14-27)25(30)29-17-15-28(16-18-29)20-23-7-4-5-8-24(23)31-2/h3-9,12,22H,1,10-11,13-20,26H2,2H3/b12-9-,21-6+. The van der Waals surface area contributed by atoms with Gasteiger partial charge in [-0.05, 0) is 49.8 Å². The van der Waals surface area contributed by atoms with Crippen LogP contribution in [0.4, 0.5) is 0 Å². The maximum absolute atomic E-state index is 13.1. The predicted molar refractivity (Wildman–Crippen MR) is 126 cm³/mol. The van der Waals surface area contributed by atoms with Crippen LogP contribution in [0.2, 0.25) is 0 Å².